The molecule has 5 nitrogen and oxygen atoms in total. The van der Waals surface area contributed by atoms with Gasteiger partial charge in [0, 0.05) is 11.8 Å². The predicted octanol–water partition coefficient (Wildman–Crippen LogP) is 1.34. The summed E-state index contributed by atoms with van der Waals surface area (Å²) in [5, 5.41) is 6.03. The van der Waals surface area contributed by atoms with Crippen molar-refractivity contribution in [2.75, 3.05) is 12.0 Å². The molecule has 0 fully saturated rings. The molecule has 8 heteroatoms. The Morgan fingerprint density at radius 3 is 2.22 bits per heavy atom. The van der Waals surface area contributed by atoms with Crippen molar-refractivity contribution in [1.82, 2.24) is 10.2 Å². The number of hydrogen-bond donors (Lipinski definition) is 2. The van der Waals surface area contributed by atoms with Crippen molar-refractivity contribution in [1.29, 1.82) is 0 Å². The first-order valence-corrected chi connectivity index (χ1v) is 6.68. The summed E-state index contributed by atoms with van der Waals surface area (Å²) in [6.45, 7) is 0. The van der Waals surface area contributed by atoms with Gasteiger partial charge in [0.1, 0.15) is 22.3 Å². The second kappa shape index (κ2) is 4.05. The summed E-state index contributed by atoms with van der Waals surface area (Å²) < 4.78 is 49.7. The van der Waals surface area contributed by atoms with Gasteiger partial charge in [0.05, 0.1) is 6.20 Å². The Morgan fingerprint density at radius 1 is 1.28 bits per heavy atom. The number of nitrogen functional groups attached to an aromatic ring is 1. The number of benzene rings is 1. The highest BCUT2D eigenvalue weighted by Gasteiger charge is 2.21. The van der Waals surface area contributed by atoms with Crippen LogP contribution in [0.25, 0.3) is 11.1 Å². The molecule has 96 valence electrons. The van der Waals surface area contributed by atoms with E-state index in [1.165, 1.54) is 6.20 Å². The summed E-state index contributed by atoms with van der Waals surface area (Å²) in [7, 11) is -3.96. The van der Waals surface area contributed by atoms with Gasteiger partial charge in [0.25, 0.3) is 0 Å². The summed E-state index contributed by atoms with van der Waals surface area (Å²) >= 11 is 0. The number of rotatable bonds is 2. The zero-order valence-corrected chi connectivity index (χ0v) is 10.1. The van der Waals surface area contributed by atoms with Gasteiger partial charge in [-0.1, -0.05) is 0 Å². The van der Waals surface area contributed by atoms with Crippen LogP contribution in [0.1, 0.15) is 0 Å². The molecule has 0 saturated heterocycles. The zero-order valence-electron chi connectivity index (χ0n) is 9.24. The number of nitrogens with zero attached hydrogens (tertiary/aromatic N) is 1. The maximum Gasteiger partial charge on any atom is 0.181 e. The van der Waals surface area contributed by atoms with E-state index in [4.69, 9.17) is 5.73 Å². The number of nitrogens with two attached hydrogens (primary N) is 1. The van der Waals surface area contributed by atoms with Gasteiger partial charge in [-0.3, -0.25) is 5.10 Å². The number of sulfone groups is 1. The molecule has 2 rings (SSSR count). The highest BCUT2D eigenvalue weighted by Crippen LogP contribution is 2.29. The minimum Gasteiger partial charge on any atom is -0.384 e. The second-order valence-electron chi connectivity index (χ2n) is 3.74. The number of hydrogen-bond acceptors (Lipinski definition) is 4. The van der Waals surface area contributed by atoms with E-state index in [-0.39, 0.29) is 11.4 Å². The van der Waals surface area contributed by atoms with Crippen LogP contribution in [0.15, 0.2) is 23.2 Å². The monoisotopic (exact) mass is 273 g/mol. The molecule has 0 saturated carbocycles. The van der Waals surface area contributed by atoms with Crippen molar-refractivity contribution in [2.24, 2.45) is 0 Å². The minimum absolute atomic E-state index is 0.114. The van der Waals surface area contributed by atoms with E-state index >= 15 is 0 Å². The van der Waals surface area contributed by atoms with Crippen LogP contribution in [0, 0.1) is 11.6 Å². The van der Waals surface area contributed by atoms with E-state index in [2.05, 4.69) is 10.2 Å². The van der Waals surface area contributed by atoms with Gasteiger partial charge in [-0.05, 0) is 17.7 Å². The Bertz CT molecular complexity index is 687. The number of halogens is 2. The summed E-state index contributed by atoms with van der Waals surface area (Å²) in [6.07, 6.45) is 2.03. The Hall–Kier alpha value is -1.96. The van der Waals surface area contributed by atoms with Gasteiger partial charge in [0.15, 0.2) is 9.84 Å². The molecule has 0 unspecified atom stereocenters. The average molecular weight is 273 g/mol. The number of aromatic amines is 1. The van der Waals surface area contributed by atoms with Crippen LogP contribution in [0.3, 0.4) is 0 Å². The van der Waals surface area contributed by atoms with E-state index in [1.54, 1.807) is 0 Å². The molecule has 0 radical (unpaired) electrons. The van der Waals surface area contributed by atoms with Gasteiger partial charge in [-0.15, -0.1) is 0 Å². The van der Waals surface area contributed by atoms with Gasteiger partial charge in [-0.25, -0.2) is 17.2 Å². The third-order valence-corrected chi connectivity index (χ3v) is 3.48. The van der Waals surface area contributed by atoms with E-state index in [9.17, 15) is 17.2 Å². The lowest BCUT2D eigenvalue weighted by Gasteiger charge is -2.06. The molecule has 0 aliphatic rings. The topological polar surface area (TPSA) is 88.8 Å². The molecule has 0 spiro atoms. The third-order valence-electron chi connectivity index (χ3n) is 2.35. The maximum absolute atomic E-state index is 13.6. The first-order valence-electron chi connectivity index (χ1n) is 4.79. The predicted molar refractivity (Wildman–Crippen MR) is 61.5 cm³/mol. The summed E-state index contributed by atoms with van der Waals surface area (Å²) in [5.74, 6) is -2.18. The fourth-order valence-corrected chi connectivity index (χ4v) is 2.42. The Kier molecular flexibility index (Phi) is 2.81. The van der Waals surface area contributed by atoms with Crippen LogP contribution in [0.4, 0.5) is 14.6 Å². The highest BCUT2D eigenvalue weighted by atomic mass is 32.2. The largest absolute Gasteiger partial charge is 0.384 e. The fraction of sp³-hybridized carbons (Fsp3) is 0.100. The summed E-state index contributed by atoms with van der Waals surface area (Å²) in [4.78, 5) is -0.951. The fourth-order valence-electron chi connectivity index (χ4n) is 1.60. The van der Waals surface area contributed by atoms with E-state index < -0.39 is 26.4 Å². The maximum atomic E-state index is 13.6. The molecular weight excluding hydrogens is 264 g/mol. The van der Waals surface area contributed by atoms with Gasteiger partial charge < -0.3 is 5.73 Å². The molecule has 3 N–H and O–H groups in total. The van der Waals surface area contributed by atoms with Crippen LogP contribution in [-0.4, -0.2) is 24.9 Å². The molecule has 1 heterocycles. The number of nitrogens with one attached hydrogen (secondary N) is 1. The van der Waals surface area contributed by atoms with Crippen molar-refractivity contribution in [3.63, 3.8) is 0 Å². The Labute approximate surface area is 102 Å². The number of H-pyrrole nitrogens is 1. The highest BCUT2D eigenvalue weighted by molar-refractivity contribution is 7.90. The normalized spacial score (nSPS) is 11.7. The van der Waals surface area contributed by atoms with Crippen LogP contribution < -0.4 is 5.73 Å². The SMILES string of the molecule is CS(=O)(=O)c1c(F)cc(-c2cn[nH]c2N)cc1F. The molecule has 18 heavy (non-hydrogen) atoms. The van der Waals surface area contributed by atoms with Gasteiger partial charge in [-0.2, -0.15) is 5.10 Å². The van der Waals surface area contributed by atoms with Crippen molar-refractivity contribution in [3.05, 3.63) is 30.0 Å². The summed E-state index contributed by atoms with van der Waals surface area (Å²) in [5.41, 5.74) is 5.93. The molecule has 2 aromatic rings. The van der Waals surface area contributed by atoms with E-state index in [0.717, 1.165) is 18.4 Å². The van der Waals surface area contributed by atoms with Crippen LogP contribution in [-0.2, 0) is 9.84 Å². The molecule has 0 aliphatic heterocycles. The number of anilines is 1. The van der Waals surface area contributed by atoms with Gasteiger partial charge in [0.2, 0.25) is 0 Å². The molecular formula is C10H9F2N3O2S. The second-order valence-corrected chi connectivity index (χ2v) is 5.69. The Balaban J connectivity index is 2.68. The van der Waals surface area contributed by atoms with Crippen LogP contribution in [0.5, 0.6) is 0 Å². The van der Waals surface area contributed by atoms with Crippen molar-refractivity contribution in [3.8, 4) is 11.1 Å². The standard InChI is InChI=1S/C10H9F2N3O2S/c1-18(16,17)9-7(11)2-5(3-8(9)12)6-4-14-15-10(6)13/h2-4H,1H3,(H3,13,14,15). The lowest BCUT2D eigenvalue weighted by atomic mass is 10.1. The molecule has 0 amide bonds. The average Bonchev–Trinajstić information content (AvgIpc) is 2.60. The summed E-state index contributed by atoms with van der Waals surface area (Å²) in [6, 6.07) is 1.81. The quantitative estimate of drug-likeness (QED) is 0.864. The Morgan fingerprint density at radius 2 is 1.83 bits per heavy atom. The third kappa shape index (κ3) is 2.06. The van der Waals surface area contributed by atoms with Crippen LogP contribution >= 0.6 is 0 Å². The molecule has 0 bridgehead atoms. The number of aromatic nitrogens is 2. The van der Waals surface area contributed by atoms with Crippen molar-refractivity contribution in [2.45, 2.75) is 4.90 Å². The van der Waals surface area contributed by atoms with E-state index in [1.807, 2.05) is 0 Å². The lowest BCUT2D eigenvalue weighted by molar-refractivity contribution is 0.522. The zero-order chi connectivity index (χ0) is 13.5. The molecule has 1 aromatic heterocycles. The van der Waals surface area contributed by atoms with Crippen LogP contribution in [0.2, 0.25) is 0 Å². The smallest absolute Gasteiger partial charge is 0.181 e. The molecule has 0 atom stereocenters. The first-order chi connectivity index (χ1) is 8.30. The minimum atomic E-state index is -3.96. The lowest BCUT2D eigenvalue weighted by Crippen LogP contribution is -2.05. The van der Waals surface area contributed by atoms with Crippen molar-refractivity contribution >= 4 is 15.7 Å². The molecule has 0 aliphatic carbocycles. The first kappa shape index (κ1) is 12.5. The van der Waals surface area contributed by atoms with E-state index in [0.29, 0.717) is 5.56 Å². The van der Waals surface area contributed by atoms with Crippen molar-refractivity contribution < 1.29 is 17.2 Å². The molecule has 1 aromatic carbocycles. The van der Waals surface area contributed by atoms with Gasteiger partial charge >= 0.3 is 0 Å².